The average molecular weight is 249 g/mol. The lowest BCUT2D eigenvalue weighted by molar-refractivity contribution is 1.20. The molecule has 0 unspecified atom stereocenters. The minimum Gasteiger partial charge on any atom is -0.384 e. The lowest BCUT2D eigenvalue weighted by Gasteiger charge is -2.08. The van der Waals surface area contributed by atoms with Gasteiger partial charge in [-0.15, -0.1) is 0 Å². The third-order valence-corrected chi connectivity index (χ3v) is 2.71. The lowest BCUT2D eigenvalue weighted by atomic mass is 10.0. The van der Waals surface area contributed by atoms with Crippen LogP contribution in [0.4, 0.5) is 5.82 Å². The summed E-state index contributed by atoms with van der Waals surface area (Å²) in [6.07, 6.45) is 8.45. The predicted octanol–water partition coefficient (Wildman–Crippen LogP) is 2.18. The molecule has 0 aliphatic carbocycles. The van der Waals surface area contributed by atoms with E-state index in [4.69, 9.17) is 5.73 Å². The summed E-state index contributed by atoms with van der Waals surface area (Å²) in [7, 11) is 0. The van der Waals surface area contributed by atoms with Crippen LogP contribution in [0.2, 0.25) is 0 Å². The van der Waals surface area contributed by atoms with Crippen molar-refractivity contribution in [3.63, 3.8) is 0 Å². The van der Waals surface area contributed by atoms with Gasteiger partial charge >= 0.3 is 0 Å². The van der Waals surface area contributed by atoms with Crippen LogP contribution in [0.15, 0.2) is 55.2 Å². The summed E-state index contributed by atoms with van der Waals surface area (Å²) in [5.74, 6) is 0.472. The summed E-state index contributed by atoms with van der Waals surface area (Å²) in [6, 6.07) is 7.44. The van der Waals surface area contributed by atoms with Crippen LogP contribution in [0.5, 0.6) is 0 Å². The molecule has 5 nitrogen and oxygen atoms in total. The normalized spacial score (nSPS) is 10.3. The molecule has 0 aliphatic heterocycles. The first-order chi connectivity index (χ1) is 9.34. The number of rotatable bonds is 2. The molecule has 2 N–H and O–H groups in total. The van der Waals surface area contributed by atoms with Crippen molar-refractivity contribution in [1.29, 1.82) is 0 Å². The maximum atomic E-state index is 5.78. The molecular weight excluding hydrogens is 238 g/mol. The van der Waals surface area contributed by atoms with E-state index in [0.717, 1.165) is 22.5 Å². The molecule has 0 aromatic carbocycles. The maximum absolute atomic E-state index is 5.78. The number of nitrogen functional groups attached to an aromatic ring is 1. The van der Waals surface area contributed by atoms with Crippen molar-refractivity contribution < 1.29 is 0 Å². The Labute approximate surface area is 110 Å². The van der Waals surface area contributed by atoms with Crippen LogP contribution in [0.25, 0.3) is 22.5 Å². The van der Waals surface area contributed by atoms with Gasteiger partial charge in [-0.2, -0.15) is 0 Å². The van der Waals surface area contributed by atoms with Gasteiger partial charge in [0.05, 0.1) is 17.6 Å². The van der Waals surface area contributed by atoms with E-state index in [0.29, 0.717) is 5.82 Å². The second kappa shape index (κ2) is 4.81. The third kappa shape index (κ3) is 2.26. The van der Waals surface area contributed by atoms with Crippen LogP contribution < -0.4 is 5.73 Å². The summed E-state index contributed by atoms with van der Waals surface area (Å²) < 4.78 is 0. The highest BCUT2D eigenvalue weighted by molar-refractivity contribution is 5.79. The molecular formula is C14H11N5. The fourth-order valence-electron chi connectivity index (χ4n) is 1.85. The maximum Gasteiger partial charge on any atom is 0.124 e. The first kappa shape index (κ1) is 11.3. The van der Waals surface area contributed by atoms with Crippen LogP contribution in [-0.2, 0) is 0 Å². The molecule has 19 heavy (non-hydrogen) atoms. The number of hydrogen-bond donors (Lipinski definition) is 1. The first-order valence-electron chi connectivity index (χ1n) is 5.78. The van der Waals surface area contributed by atoms with Crippen molar-refractivity contribution in [2.75, 3.05) is 5.73 Å². The number of pyridine rings is 2. The molecule has 3 heterocycles. The van der Waals surface area contributed by atoms with Gasteiger partial charge in [0.15, 0.2) is 0 Å². The molecule has 3 aromatic rings. The van der Waals surface area contributed by atoms with Gasteiger partial charge in [-0.1, -0.05) is 0 Å². The zero-order valence-corrected chi connectivity index (χ0v) is 10.1. The summed E-state index contributed by atoms with van der Waals surface area (Å²) in [5.41, 5.74) is 9.17. The van der Waals surface area contributed by atoms with Gasteiger partial charge in [-0.3, -0.25) is 15.0 Å². The monoisotopic (exact) mass is 249 g/mol. The topological polar surface area (TPSA) is 77.6 Å². The first-order valence-corrected chi connectivity index (χ1v) is 5.78. The Balaban J connectivity index is 2.21. The third-order valence-electron chi connectivity index (χ3n) is 2.71. The van der Waals surface area contributed by atoms with E-state index in [1.54, 1.807) is 37.1 Å². The Kier molecular flexibility index (Phi) is 2.86. The van der Waals surface area contributed by atoms with Crippen LogP contribution >= 0.6 is 0 Å². The van der Waals surface area contributed by atoms with Crippen LogP contribution in [0, 0.1) is 0 Å². The Morgan fingerprint density at radius 1 is 0.842 bits per heavy atom. The molecule has 0 fully saturated rings. The molecule has 0 saturated carbocycles. The average Bonchev–Trinajstić information content (AvgIpc) is 2.49. The fourth-order valence-corrected chi connectivity index (χ4v) is 1.85. The molecule has 0 aliphatic rings. The van der Waals surface area contributed by atoms with E-state index in [-0.39, 0.29) is 0 Å². The van der Waals surface area contributed by atoms with Crippen molar-refractivity contribution in [3.8, 4) is 22.5 Å². The highest BCUT2D eigenvalue weighted by atomic mass is 14.9. The molecule has 0 saturated heterocycles. The largest absolute Gasteiger partial charge is 0.384 e. The Morgan fingerprint density at radius 2 is 1.68 bits per heavy atom. The number of aromatic nitrogens is 4. The Hall–Kier alpha value is -2.82. The van der Waals surface area contributed by atoms with E-state index in [1.807, 2.05) is 18.2 Å². The van der Waals surface area contributed by atoms with Gasteiger partial charge < -0.3 is 5.73 Å². The minimum absolute atomic E-state index is 0.472. The Morgan fingerprint density at radius 3 is 2.42 bits per heavy atom. The van der Waals surface area contributed by atoms with Crippen molar-refractivity contribution >= 4 is 5.82 Å². The lowest BCUT2D eigenvalue weighted by Crippen LogP contribution is -1.96. The summed E-state index contributed by atoms with van der Waals surface area (Å²) in [5, 5.41) is 0. The van der Waals surface area contributed by atoms with E-state index < -0.39 is 0 Å². The van der Waals surface area contributed by atoms with Crippen molar-refractivity contribution in [2.24, 2.45) is 0 Å². The zero-order chi connectivity index (χ0) is 13.1. The SMILES string of the molecule is Nc1ccc(-c2cnccn2)c(-c2ccncc2)n1. The van der Waals surface area contributed by atoms with Crippen molar-refractivity contribution in [1.82, 2.24) is 19.9 Å². The number of hydrogen-bond acceptors (Lipinski definition) is 5. The van der Waals surface area contributed by atoms with Gasteiger partial charge in [0.1, 0.15) is 5.82 Å². The van der Waals surface area contributed by atoms with Crippen LogP contribution in [-0.4, -0.2) is 19.9 Å². The van der Waals surface area contributed by atoms with E-state index >= 15 is 0 Å². The van der Waals surface area contributed by atoms with Gasteiger partial charge in [-0.25, -0.2) is 4.98 Å². The Bertz CT molecular complexity index is 683. The second-order valence-corrected chi connectivity index (χ2v) is 3.96. The summed E-state index contributed by atoms with van der Waals surface area (Å²) in [6.45, 7) is 0. The van der Waals surface area contributed by atoms with Gasteiger partial charge in [0.2, 0.25) is 0 Å². The predicted molar refractivity (Wildman–Crippen MR) is 72.9 cm³/mol. The highest BCUT2D eigenvalue weighted by Crippen LogP contribution is 2.29. The highest BCUT2D eigenvalue weighted by Gasteiger charge is 2.10. The molecule has 92 valence electrons. The van der Waals surface area contributed by atoms with E-state index in [2.05, 4.69) is 19.9 Å². The van der Waals surface area contributed by atoms with Crippen LogP contribution in [0.1, 0.15) is 0 Å². The van der Waals surface area contributed by atoms with E-state index in [1.165, 1.54) is 0 Å². The summed E-state index contributed by atoms with van der Waals surface area (Å²) >= 11 is 0. The minimum atomic E-state index is 0.472. The van der Waals surface area contributed by atoms with Crippen molar-refractivity contribution in [3.05, 3.63) is 55.2 Å². The number of nitrogens with two attached hydrogens (primary N) is 1. The molecule has 5 heteroatoms. The number of nitrogens with zero attached hydrogens (tertiary/aromatic N) is 4. The zero-order valence-electron chi connectivity index (χ0n) is 10.1. The molecule has 3 rings (SSSR count). The molecule has 0 amide bonds. The summed E-state index contributed by atoms with van der Waals surface area (Å²) in [4.78, 5) is 16.8. The fraction of sp³-hybridized carbons (Fsp3) is 0. The molecule has 0 bridgehead atoms. The van der Waals surface area contributed by atoms with Gasteiger partial charge in [-0.05, 0) is 24.3 Å². The molecule has 0 spiro atoms. The van der Waals surface area contributed by atoms with Gasteiger partial charge in [0, 0.05) is 35.9 Å². The van der Waals surface area contributed by atoms with Crippen LogP contribution in [0.3, 0.4) is 0 Å². The van der Waals surface area contributed by atoms with Gasteiger partial charge in [0.25, 0.3) is 0 Å². The van der Waals surface area contributed by atoms with Crippen molar-refractivity contribution in [2.45, 2.75) is 0 Å². The molecule has 3 aromatic heterocycles. The van der Waals surface area contributed by atoms with E-state index in [9.17, 15) is 0 Å². The number of anilines is 1. The molecule has 0 radical (unpaired) electrons. The molecule has 0 atom stereocenters. The second-order valence-electron chi connectivity index (χ2n) is 3.96. The quantitative estimate of drug-likeness (QED) is 0.753. The standard InChI is InChI=1S/C14H11N5/c15-13-2-1-11(12-9-17-7-8-18-12)14(19-13)10-3-5-16-6-4-10/h1-9H,(H2,15,19). The smallest absolute Gasteiger partial charge is 0.124 e.